The molecule has 1 aliphatic heterocycles. The quantitative estimate of drug-likeness (QED) is 0.848. The summed E-state index contributed by atoms with van der Waals surface area (Å²) in [5.74, 6) is 0.193. The fourth-order valence-electron chi connectivity index (χ4n) is 2.02. The number of allylic oxidation sites excluding steroid dienone is 1. The van der Waals surface area contributed by atoms with Crippen LogP contribution < -0.4 is 5.73 Å². The summed E-state index contributed by atoms with van der Waals surface area (Å²) in [7, 11) is 1.75. The fourth-order valence-corrected chi connectivity index (χ4v) is 2.49. The molecule has 0 bridgehead atoms. The maximum Gasteiger partial charge on any atom is 0.238 e. The molecule has 2 aromatic rings. The number of imidazole rings is 1. The lowest BCUT2D eigenvalue weighted by Gasteiger charge is -2.02. The van der Waals surface area contributed by atoms with Gasteiger partial charge in [-0.3, -0.25) is 4.99 Å². The third kappa shape index (κ3) is 1.84. The third-order valence-electron chi connectivity index (χ3n) is 3.08. The van der Waals surface area contributed by atoms with Gasteiger partial charge in [-0.1, -0.05) is 12.1 Å². The summed E-state index contributed by atoms with van der Waals surface area (Å²) in [6, 6.07) is 5.87. The van der Waals surface area contributed by atoms with Crippen LogP contribution in [0.25, 0.3) is 11.6 Å². The maximum atomic E-state index is 9.76. The van der Waals surface area contributed by atoms with Crippen molar-refractivity contribution in [2.24, 2.45) is 12.0 Å². The molecule has 19 heavy (non-hydrogen) atoms. The van der Waals surface area contributed by atoms with Crippen LogP contribution in [0.3, 0.4) is 0 Å². The molecule has 3 N–H and O–H groups in total. The molecule has 1 aromatic heterocycles. The Balaban J connectivity index is 2.14. The van der Waals surface area contributed by atoms with Crippen molar-refractivity contribution < 1.29 is 5.11 Å². The molecule has 96 valence electrons. The molecule has 0 radical (unpaired) electrons. The van der Waals surface area contributed by atoms with Gasteiger partial charge in [-0.2, -0.15) is 4.98 Å². The topological polar surface area (TPSA) is 76.4 Å². The van der Waals surface area contributed by atoms with Crippen molar-refractivity contribution in [2.45, 2.75) is 0 Å². The normalized spacial score (nSPS) is 15.2. The smallest absolute Gasteiger partial charge is 0.238 e. The number of nitrogens with two attached hydrogens (primary N) is 1. The third-order valence-corrected chi connectivity index (χ3v) is 3.72. The number of fused-ring (bicyclic) bond motifs is 1. The van der Waals surface area contributed by atoms with Gasteiger partial charge < -0.3 is 15.4 Å². The van der Waals surface area contributed by atoms with Crippen molar-refractivity contribution in [3.63, 3.8) is 0 Å². The predicted octanol–water partition coefficient (Wildman–Crippen LogP) is 2.73. The molecule has 0 amide bonds. The van der Waals surface area contributed by atoms with E-state index >= 15 is 0 Å². The average molecular weight is 319 g/mol. The van der Waals surface area contributed by atoms with E-state index < -0.39 is 0 Å². The zero-order valence-corrected chi connectivity index (χ0v) is 11.7. The van der Waals surface area contributed by atoms with Crippen molar-refractivity contribution in [1.29, 1.82) is 0 Å². The van der Waals surface area contributed by atoms with Crippen LogP contribution in [-0.4, -0.2) is 20.9 Å². The van der Waals surface area contributed by atoms with Crippen molar-refractivity contribution in [2.75, 3.05) is 5.73 Å². The molecule has 1 aromatic carbocycles. The zero-order chi connectivity index (χ0) is 13.6. The summed E-state index contributed by atoms with van der Waals surface area (Å²) >= 11 is 3.47. The van der Waals surface area contributed by atoms with Gasteiger partial charge >= 0.3 is 0 Å². The van der Waals surface area contributed by atoms with Crippen LogP contribution in [0.4, 0.5) is 11.6 Å². The minimum absolute atomic E-state index is 0.0793. The van der Waals surface area contributed by atoms with Crippen molar-refractivity contribution in [3.05, 3.63) is 33.9 Å². The van der Waals surface area contributed by atoms with Crippen molar-refractivity contribution in [3.8, 4) is 5.88 Å². The molecule has 5 nitrogen and oxygen atoms in total. The first kappa shape index (κ1) is 12.0. The molecular weight excluding hydrogens is 308 g/mol. The van der Waals surface area contributed by atoms with E-state index in [4.69, 9.17) is 5.73 Å². The predicted molar refractivity (Wildman–Crippen MR) is 79.5 cm³/mol. The second-order valence-corrected chi connectivity index (χ2v) is 5.09. The zero-order valence-electron chi connectivity index (χ0n) is 10.1. The van der Waals surface area contributed by atoms with Crippen LogP contribution in [0.5, 0.6) is 5.88 Å². The maximum absolute atomic E-state index is 9.76. The summed E-state index contributed by atoms with van der Waals surface area (Å²) in [5.41, 5.74) is 9.03. The highest BCUT2D eigenvalue weighted by molar-refractivity contribution is 9.10. The van der Waals surface area contributed by atoms with Gasteiger partial charge in [0.1, 0.15) is 5.69 Å². The monoisotopic (exact) mass is 318 g/mol. The van der Waals surface area contributed by atoms with E-state index in [0.717, 1.165) is 21.3 Å². The summed E-state index contributed by atoms with van der Waals surface area (Å²) in [4.78, 5) is 8.18. The number of benzene rings is 1. The van der Waals surface area contributed by atoms with Gasteiger partial charge in [0.2, 0.25) is 11.8 Å². The molecule has 3 rings (SSSR count). The Morgan fingerprint density at radius 2 is 2.21 bits per heavy atom. The molecular formula is C13H11BrN4O. The number of aliphatic imine (C=N–C) groups is 1. The Labute approximate surface area is 118 Å². The lowest BCUT2D eigenvalue weighted by Crippen LogP contribution is -1.98. The Bertz CT molecular complexity index is 730. The minimum atomic E-state index is -0.0793. The van der Waals surface area contributed by atoms with Gasteiger partial charge in [0.25, 0.3) is 0 Å². The van der Waals surface area contributed by atoms with E-state index in [-0.39, 0.29) is 11.8 Å². The number of nitrogen functional groups attached to an aromatic ring is 1. The molecule has 0 spiro atoms. The molecule has 0 fully saturated rings. The number of halogens is 1. The number of rotatable bonds is 1. The first-order valence-electron chi connectivity index (χ1n) is 5.63. The highest BCUT2D eigenvalue weighted by atomic mass is 79.9. The van der Waals surface area contributed by atoms with E-state index in [1.54, 1.807) is 17.8 Å². The standard InChI is InChI=1S/C13H11BrN4O/c1-18-10(12(19)17-13(18)15)5-7-6-16-11-8(7)3-2-4-9(11)14/h2-6,19H,1H3,(H2,15,17)/b7-5+. The average Bonchev–Trinajstić information content (AvgIpc) is 2.88. The number of anilines is 1. The summed E-state index contributed by atoms with van der Waals surface area (Å²) in [6.07, 6.45) is 3.58. The number of hydrogen-bond acceptors (Lipinski definition) is 4. The van der Waals surface area contributed by atoms with Crippen molar-refractivity contribution in [1.82, 2.24) is 9.55 Å². The lowest BCUT2D eigenvalue weighted by atomic mass is 10.1. The Morgan fingerprint density at radius 1 is 1.42 bits per heavy atom. The molecule has 0 saturated heterocycles. The molecule has 0 aliphatic carbocycles. The number of para-hydroxylation sites is 1. The van der Waals surface area contributed by atoms with E-state index in [1.807, 2.05) is 24.3 Å². The first-order chi connectivity index (χ1) is 9.08. The number of hydrogen-bond donors (Lipinski definition) is 2. The summed E-state index contributed by atoms with van der Waals surface area (Å²) < 4.78 is 2.57. The molecule has 0 unspecified atom stereocenters. The molecule has 1 aliphatic rings. The van der Waals surface area contributed by atoms with Crippen LogP contribution in [0.15, 0.2) is 27.7 Å². The van der Waals surface area contributed by atoms with Gasteiger partial charge in [0.15, 0.2) is 0 Å². The molecule has 2 heterocycles. The van der Waals surface area contributed by atoms with E-state index in [0.29, 0.717) is 5.69 Å². The van der Waals surface area contributed by atoms with Gasteiger partial charge in [0.05, 0.1) is 5.69 Å². The van der Waals surface area contributed by atoms with Crippen LogP contribution in [0, 0.1) is 0 Å². The number of aromatic nitrogens is 2. The summed E-state index contributed by atoms with van der Waals surface area (Å²) in [5, 5.41) is 9.76. The first-order valence-corrected chi connectivity index (χ1v) is 6.43. The van der Waals surface area contributed by atoms with Gasteiger partial charge in [0, 0.05) is 28.9 Å². The Kier molecular flexibility index (Phi) is 2.67. The Morgan fingerprint density at radius 3 is 2.89 bits per heavy atom. The SMILES string of the molecule is Cn1c(N)nc(O)c1/C=C1\C=Nc2c(Br)cccc21. The van der Waals surface area contributed by atoms with Crippen LogP contribution in [0.1, 0.15) is 11.3 Å². The number of aromatic hydroxyl groups is 1. The second-order valence-electron chi connectivity index (χ2n) is 4.23. The van der Waals surface area contributed by atoms with Gasteiger partial charge in [-0.15, -0.1) is 0 Å². The molecule has 0 atom stereocenters. The van der Waals surface area contributed by atoms with E-state index in [1.165, 1.54) is 0 Å². The van der Waals surface area contributed by atoms with Crippen LogP contribution in [0.2, 0.25) is 0 Å². The Hall–Kier alpha value is -2.08. The lowest BCUT2D eigenvalue weighted by molar-refractivity contribution is 0.455. The minimum Gasteiger partial charge on any atom is -0.492 e. The number of nitrogens with zero attached hydrogens (tertiary/aromatic N) is 3. The van der Waals surface area contributed by atoms with Crippen LogP contribution in [-0.2, 0) is 7.05 Å². The highest BCUT2D eigenvalue weighted by Crippen LogP contribution is 2.38. The molecule has 0 saturated carbocycles. The molecule has 6 heteroatoms. The summed E-state index contributed by atoms with van der Waals surface area (Å²) in [6.45, 7) is 0. The fraction of sp³-hybridized carbons (Fsp3) is 0.0769. The van der Waals surface area contributed by atoms with Crippen molar-refractivity contribution >= 4 is 45.4 Å². The largest absolute Gasteiger partial charge is 0.492 e. The van der Waals surface area contributed by atoms with Crippen LogP contribution >= 0.6 is 15.9 Å². The van der Waals surface area contributed by atoms with Gasteiger partial charge in [-0.05, 0) is 28.1 Å². The van der Waals surface area contributed by atoms with E-state index in [9.17, 15) is 5.11 Å². The van der Waals surface area contributed by atoms with Gasteiger partial charge in [-0.25, -0.2) is 0 Å². The second kappa shape index (κ2) is 4.24. The van der Waals surface area contributed by atoms with E-state index in [2.05, 4.69) is 25.9 Å². The highest BCUT2D eigenvalue weighted by Gasteiger charge is 2.17.